The van der Waals surface area contributed by atoms with Crippen LogP contribution in [0, 0.1) is 0 Å². The van der Waals surface area contributed by atoms with Crippen molar-refractivity contribution in [3.8, 4) is 56.4 Å². The van der Waals surface area contributed by atoms with Gasteiger partial charge in [0.25, 0.3) is 0 Å². The monoisotopic (exact) mass is 704 g/mol. The fraction of sp³-hybridized carbons (Fsp3) is 0.333. The summed E-state index contributed by atoms with van der Waals surface area (Å²) in [5, 5.41) is 2.11. The topological polar surface area (TPSA) is 61.9 Å². The highest BCUT2D eigenvalue weighted by atomic mass is 32.1. The van der Waals surface area contributed by atoms with E-state index < -0.39 is 0 Å². The first-order chi connectivity index (χ1) is 24.9. The predicted octanol–water partition coefficient (Wildman–Crippen LogP) is 8.89. The van der Waals surface area contributed by atoms with Gasteiger partial charge in [0.1, 0.15) is 5.75 Å². The second-order valence-electron chi connectivity index (χ2n) is 13.6. The molecule has 0 N–H and O–H groups in total. The molecule has 0 spiro atoms. The molecule has 6 bridgehead atoms. The van der Waals surface area contributed by atoms with Crippen LogP contribution in [-0.2, 0) is 25.7 Å². The molecular weight excluding hydrogens is 661 g/mol. The maximum atomic E-state index is 7.21. The van der Waals surface area contributed by atoms with Crippen LogP contribution < -0.4 is 28.4 Å². The zero-order valence-corrected chi connectivity index (χ0v) is 30.9. The van der Waals surface area contributed by atoms with Gasteiger partial charge in [-0.25, -0.2) is 0 Å². The Bertz CT molecular complexity index is 2060. The fourth-order valence-corrected chi connectivity index (χ4v) is 8.88. The summed E-state index contributed by atoms with van der Waals surface area (Å²) < 4.78 is 38.1. The average Bonchev–Trinajstić information content (AvgIpc) is 3.68. The van der Waals surface area contributed by atoms with Gasteiger partial charge in [-0.2, -0.15) is 0 Å². The van der Waals surface area contributed by atoms with E-state index in [1.54, 1.807) is 39.8 Å². The Morgan fingerprint density at radius 1 is 0.686 bits per heavy atom. The molecule has 0 radical (unpaired) electrons. The Morgan fingerprint density at radius 3 is 2.12 bits per heavy atom. The van der Waals surface area contributed by atoms with Gasteiger partial charge in [-0.05, 0) is 115 Å². The van der Waals surface area contributed by atoms with Gasteiger partial charge in [0.15, 0.2) is 34.5 Å². The third kappa shape index (κ3) is 5.97. The van der Waals surface area contributed by atoms with Crippen molar-refractivity contribution in [3.05, 3.63) is 105 Å². The minimum Gasteiger partial charge on any atom is -0.493 e. The van der Waals surface area contributed by atoms with Crippen LogP contribution in [-0.4, -0.2) is 65.4 Å². The maximum Gasteiger partial charge on any atom is 0.205 e. The lowest BCUT2D eigenvalue weighted by Gasteiger charge is -2.38. The Kier molecular flexibility index (Phi) is 9.04. The molecule has 9 heteroatoms. The van der Waals surface area contributed by atoms with Crippen LogP contribution >= 0.6 is 11.3 Å². The number of methoxy groups -OCH3 is 4. The Morgan fingerprint density at radius 2 is 1.39 bits per heavy atom. The molecule has 51 heavy (non-hydrogen) atoms. The number of benzene rings is 4. The lowest BCUT2D eigenvalue weighted by molar-refractivity contribution is 0.220. The van der Waals surface area contributed by atoms with Gasteiger partial charge in [0, 0.05) is 41.2 Å². The van der Waals surface area contributed by atoms with Crippen molar-refractivity contribution < 1.29 is 28.4 Å². The number of ether oxygens (including phenoxy) is 6. The predicted molar refractivity (Wildman–Crippen MR) is 201 cm³/mol. The maximum absolute atomic E-state index is 7.21. The quantitative estimate of drug-likeness (QED) is 0.180. The molecule has 0 saturated carbocycles. The summed E-state index contributed by atoms with van der Waals surface area (Å²) in [4.78, 5) is 5.98. The van der Waals surface area contributed by atoms with Crippen LogP contribution in [0.3, 0.4) is 0 Å². The zero-order valence-electron chi connectivity index (χ0n) is 30.1. The molecule has 5 aromatic rings. The molecule has 0 amide bonds. The van der Waals surface area contributed by atoms with Gasteiger partial charge in [-0.1, -0.05) is 24.3 Å². The molecule has 0 aliphatic carbocycles. The van der Waals surface area contributed by atoms with Crippen LogP contribution in [0.25, 0.3) is 10.4 Å². The van der Waals surface area contributed by atoms with Crippen molar-refractivity contribution in [2.45, 2.75) is 37.8 Å². The van der Waals surface area contributed by atoms with E-state index >= 15 is 0 Å². The van der Waals surface area contributed by atoms with Crippen molar-refractivity contribution in [2.24, 2.45) is 0 Å². The van der Waals surface area contributed by atoms with E-state index in [9.17, 15) is 0 Å². The molecule has 264 valence electrons. The molecule has 5 heterocycles. The molecule has 9 rings (SSSR count). The highest BCUT2D eigenvalue weighted by molar-refractivity contribution is 7.13. The normalized spacial score (nSPS) is 18.5. The van der Waals surface area contributed by atoms with Crippen LogP contribution in [0.2, 0.25) is 0 Å². The van der Waals surface area contributed by atoms with Crippen LogP contribution in [0.4, 0.5) is 0 Å². The van der Waals surface area contributed by atoms with Crippen molar-refractivity contribution in [1.29, 1.82) is 0 Å². The summed E-state index contributed by atoms with van der Waals surface area (Å²) in [5.74, 6) is 5.40. The van der Waals surface area contributed by atoms with Gasteiger partial charge in [-0.15, -0.1) is 11.3 Å². The lowest BCUT2D eigenvalue weighted by atomic mass is 9.84. The molecule has 0 saturated heterocycles. The van der Waals surface area contributed by atoms with Crippen molar-refractivity contribution in [2.75, 3.05) is 55.6 Å². The average molecular weight is 705 g/mol. The second-order valence-corrected chi connectivity index (χ2v) is 14.5. The first-order valence-electron chi connectivity index (χ1n) is 17.5. The summed E-state index contributed by atoms with van der Waals surface area (Å²) in [7, 11) is 11.2. The number of hydrogen-bond acceptors (Lipinski definition) is 9. The number of thiophene rings is 1. The lowest BCUT2D eigenvalue weighted by Crippen LogP contribution is -2.34. The molecule has 0 unspecified atom stereocenters. The molecule has 8 nitrogen and oxygen atoms in total. The van der Waals surface area contributed by atoms with Gasteiger partial charge >= 0.3 is 0 Å². The van der Waals surface area contributed by atoms with E-state index in [0.717, 1.165) is 59.7 Å². The number of nitrogens with zero attached hydrogens (tertiary/aromatic N) is 2. The number of rotatable bonds is 5. The molecule has 4 aliphatic heterocycles. The van der Waals surface area contributed by atoms with E-state index in [1.165, 1.54) is 22.3 Å². The summed E-state index contributed by atoms with van der Waals surface area (Å²) in [5.41, 5.74) is 8.22. The number of likely N-dealkylation sites (N-methyl/N-ethyl adjacent to an activating group) is 2. The van der Waals surface area contributed by atoms with Crippen LogP contribution in [0.1, 0.15) is 45.5 Å². The number of fused-ring (bicyclic) bond motifs is 2. The first kappa shape index (κ1) is 33.4. The molecule has 4 aromatic carbocycles. The highest BCUT2D eigenvalue weighted by Crippen LogP contribution is 2.56. The van der Waals surface area contributed by atoms with Crippen LogP contribution in [0.5, 0.6) is 46.0 Å². The summed E-state index contributed by atoms with van der Waals surface area (Å²) >= 11 is 1.70. The zero-order chi connectivity index (χ0) is 35.2. The van der Waals surface area contributed by atoms with Gasteiger partial charge in [-0.3, -0.25) is 9.80 Å². The third-order valence-electron chi connectivity index (χ3n) is 10.8. The standard InChI is InChI=1S/C42H44N2O6S/c1-43-17-15-27-23-34(46-4)36-24-30(27)31(43)20-25-9-12-28(13-10-25)49-35-22-26(11-14-33(35)45-3)21-32-38-29(16-18-44(32)2)39(37-8-7-19-51-37)40(47-5)42(48-6)41(38)50-36/h7-14,19,22-24,31-32H,15-18,20-21H2,1-6H3/t31-,32-/m0/s1. The second kappa shape index (κ2) is 13.8. The fourth-order valence-electron chi connectivity index (χ4n) is 8.09. The summed E-state index contributed by atoms with van der Waals surface area (Å²) in [6.07, 6.45) is 3.29. The van der Waals surface area contributed by atoms with Crippen molar-refractivity contribution in [3.63, 3.8) is 0 Å². The Hall–Kier alpha value is -4.70. The van der Waals surface area contributed by atoms with E-state index in [2.05, 4.69) is 89.9 Å². The van der Waals surface area contributed by atoms with E-state index in [0.29, 0.717) is 46.7 Å². The minimum absolute atomic E-state index is 0.0517. The molecule has 0 fully saturated rings. The van der Waals surface area contributed by atoms with Crippen molar-refractivity contribution >= 4 is 11.3 Å². The first-order valence-corrected chi connectivity index (χ1v) is 18.4. The smallest absolute Gasteiger partial charge is 0.205 e. The van der Waals surface area contributed by atoms with Gasteiger partial charge in [0.05, 0.1) is 28.4 Å². The van der Waals surface area contributed by atoms with Crippen LogP contribution in [0.15, 0.2) is 72.1 Å². The van der Waals surface area contributed by atoms with Crippen molar-refractivity contribution in [1.82, 2.24) is 9.80 Å². The van der Waals surface area contributed by atoms with E-state index in [-0.39, 0.29) is 12.1 Å². The number of hydrogen-bond donors (Lipinski definition) is 0. The molecular formula is C42H44N2O6S. The third-order valence-corrected chi connectivity index (χ3v) is 11.7. The Balaban J connectivity index is 1.41. The molecule has 2 atom stereocenters. The largest absolute Gasteiger partial charge is 0.493 e. The van der Waals surface area contributed by atoms with Gasteiger partial charge < -0.3 is 28.4 Å². The molecule has 1 aromatic heterocycles. The Labute approximate surface area is 304 Å². The minimum atomic E-state index is -0.0517. The molecule has 4 aliphatic rings. The van der Waals surface area contributed by atoms with E-state index in [1.807, 2.05) is 6.07 Å². The summed E-state index contributed by atoms with van der Waals surface area (Å²) in [6.45, 7) is 1.82. The SMILES string of the molecule is COc1ccc2cc1Oc1ccc(cc1)C[C@H]1c3cc(c(OC)cc3CCN1C)Oc1c(OC)c(OC)c(-c3cccs3)c3c1[C@H](C2)N(C)CC3. The summed E-state index contributed by atoms with van der Waals surface area (Å²) in [6, 6.07) is 23.4. The van der Waals surface area contributed by atoms with Gasteiger partial charge in [0.2, 0.25) is 5.75 Å². The highest BCUT2D eigenvalue weighted by Gasteiger charge is 2.37. The van der Waals surface area contributed by atoms with E-state index in [4.69, 9.17) is 28.4 Å².